The maximum Gasteiger partial charge on any atom is 0.396 e. The van der Waals surface area contributed by atoms with Crippen LogP contribution in [-0.4, -0.2) is 27.2 Å². The highest BCUT2D eigenvalue weighted by molar-refractivity contribution is 5.85. The summed E-state index contributed by atoms with van der Waals surface area (Å²) in [4.78, 5) is 17.9. The molecular formula is C10H9F3N2O2. The third-order valence-electron chi connectivity index (χ3n) is 2.37. The summed E-state index contributed by atoms with van der Waals surface area (Å²) in [6.45, 7) is 0. The molecule has 0 amide bonds. The third kappa shape index (κ3) is 3.15. The summed E-state index contributed by atoms with van der Waals surface area (Å²) in [5.74, 6) is -1.72. The number of aromatic carboxylic acids is 1. The smallest absolute Gasteiger partial charge is 0.396 e. The van der Waals surface area contributed by atoms with Crippen LogP contribution in [0.4, 0.5) is 13.2 Å². The van der Waals surface area contributed by atoms with Crippen molar-refractivity contribution >= 4 is 5.97 Å². The Bertz CT molecular complexity index is 455. The lowest BCUT2D eigenvalue weighted by atomic mass is 10.2. The first-order valence-corrected chi connectivity index (χ1v) is 5.03. The number of halogens is 3. The maximum atomic E-state index is 12.2. The van der Waals surface area contributed by atoms with Crippen molar-refractivity contribution in [3.05, 3.63) is 23.3 Å². The number of alkyl halides is 3. The molecule has 92 valence electrons. The molecule has 2 rings (SSSR count). The lowest BCUT2D eigenvalue weighted by Crippen LogP contribution is -2.17. The summed E-state index contributed by atoms with van der Waals surface area (Å²) in [5.41, 5.74) is 0.0257. The Morgan fingerprint density at radius 1 is 1.41 bits per heavy atom. The molecule has 7 heteroatoms. The number of aromatic nitrogens is 2. The molecule has 1 aromatic rings. The number of carboxylic acid groups (broad SMARTS) is 1. The Hall–Kier alpha value is -1.66. The molecule has 0 aliphatic heterocycles. The average molecular weight is 246 g/mol. The molecule has 1 saturated carbocycles. The normalized spacial score (nSPS) is 15.9. The SMILES string of the molecule is O=C(O)c1cc(C2CC2)nc(CC(F)(F)F)n1. The lowest BCUT2D eigenvalue weighted by molar-refractivity contribution is -0.128. The third-order valence-corrected chi connectivity index (χ3v) is 2.37. The molecule has 0 saturated heterocycles. The van der Waals surface area contributed by atoms with Crippen LogP contribution in [0.2, 0.25) is 0 Å². The molecule has 0 bridgehead atoms. The van der Waals surface area contributed by atoms with E-state index in [0.29, 0.717) is 5.69 Å². The highest BCUT2D eigenvalue weighted by Gasteiger charge is 2.32. The van der Waals surface area contributed by atoms with Crippen LogP contribution in [0.3, 0.4) is 0 Å². The van der Waals surface area contributed by atoms with Crippen molar-refractivity contribution < 1.29 is 23.1 Å². The molecule has 0 atom stereocenters. The highest BCUT2D eigenvalue weighted by atomic mass is 19.4. The second-order valence-electron chi connectivity index (χ2n) is 3.97. The molecule has 1 heterocycles. The van der Waals surface area contributed by atoms with Crippen molar-refractivity contribution in [2.45, 2.75) is 31.4 Å². The largest absolute Gasteiger partial charge is 0.477 e. The van der Waals surface area contributed by atoms with E-state index in [-0.39, 0.29) is 11.6 Å². The van der Waals surface area contributed by atoms with E-state index in [1.54, 1.807) is 0 Å². The van der Waals surface area contributed by atoms with E-state index in [0.717, 1.165) is 12.8 Å². The Labute approximate surface area is 94.5 Å². The van der Waals surface area contributed by atoms with E-state index in [1.807, 2.05) is 0 Å². The quantitative estimate of drug-likeness (QED) is 0.887. The van der Waals surface area contributed by atoms with Gasteiger partial charge in [0.2, 0.25) is 0 Å². The second kappa shape index (κ2) is 3.97. The van der Waals surface area contributed by atoms with Gasteiger partial charge in [0, 0.05) is 11.6 Å². The van der Waals surface area contributed by atoms with Crippen LogP contribution < -0.4 is 0 Å². The number of hydrogen-bond acceptors (Lipinski definition) is 3. The first kappa shape index (κ1) is 11.8. The molecule has 1 aromatic heterocycles. The van der Waals surface area contributed by atoms with Gasteiger partial charge >= 0.3 is 12.1 Å². The summed E-state index contributed by atoms with van der Waals surface area (Å²) in [5, 5.41) is 8.76. The van der Waals surface area contributed by atoms with E-state index in [2.05, 4.69) is 9.97 Å². The number of rotatable bonds is 3. The van der Waals surface area contributed by atoms with Gasteiger partial charge in [-0.25, -0.2) is 14.8 Å². The van der Waals surface area contributed by atoms with Gasteiger partial charge in [0.25, 0.3) is 0 Å². The van der Waals surface area contributed by atoms with Gasteiger partial charge in [-0.05, 0) is 18.9 Å². The van der Waals surface area contributed by atoms with Crippen molar-refractivity contribution in [2.24, 2.45) is 0 Å². The highest BCUT2D eigenvalue weighted by Crippen LogP contribution is 2.39. The molecule has 0 unspecified atom stereocenters. The molecule has 1 aliphatic carbocycles. The maximum absolute atomic E-state index is 12.2. The Kier molecular flexibility index (Phi) is 2.76. The van der Waals surface area contributed by atoms with Gasteiger partial charge in [-0.3, -0.25) is 0 Å². The minimum Gasteiger partial charge on any atom is -0.477 e. The Balaban J connectivity index is 2.33. The number of hydrogen-bond donors (Lipinski definition) is 1. The minimum atomic E-state index is -4.43. The summed E-state index contributed by atoms with van der Waals surface area (Å²) in [6, 6.07) is 1.25. The average Bonchev–Trinajstić information content (AvgIpc) is 2.97. The van der Waals surface area contributed by atoms with Crippen molar-refractivity contribution in [3.63, 3.8) is 0 Å². The topological polar surface area (TPSA) is 63.1 Å². The van der Waals surface area contributed by atoms with Gasteiger partial charge in [-0.15, -0.1) is 0 Å². The zero-order valence-electron chi connectivity index (χ0n) is 8.66. The van der Waals surface area contributed by atoms with Crippen LogP contribution in [0, 0.1) is 0 Å². The van der Waals surface area contributed by atoms with E-state index in [1.165, 1.54) is 6.07 Å². The van der Waals surface area contributed by atoms with Gasteiger partial charge in [0.1, 0.15) is 12.2 Å². The predicted molar refractivity (Wildman–Crippen MR) is 50.7 cm³/mol. The molecule has 1 aliphatic rings. The summed E-state index contributed by atoms with van der Waals surface area (Å²) in [7, 11) is 0. The van der Waals surface area contributed by atoms with Crippen molar-refractivity contribution in [3.8, 4) is 0 Å². The van der Waals surface area contributed by atoms with Crippen LogP contribution >= 0.6 is 0 Å². The van der Waals surface area contributed by atoms with Crippen LogP contribution in [-0.2, 0) is 6.42 Å². The first-order chi connectivity index (χ1) is 7.85. The van der Waals surface area contributed by atoms with Gasteiger partial charge in [-0.2, -0.15) is 13.2 Å². The fourth-order valence-electron chi connectivity index (χ4n) is 1.47. The molecule has 17 heavy (non-hydrogen) atoms. The van der Waals surface area contributed by atoms with Gasteiger partial charge in [-0.1, -0.05) is 0 Å². The second-order valence-corrected chi connectivity index (χ2v) is 3.97. The van der Waals surface area contributed by atoms with E-state index >= 15 is 0 Å². The summed E-state index contributed by atoms with van der Waals surface area (Å²) in [6.07, 6.45) is -4.06. The standard InChI is InChI=1S/C10H9F3N2O2/c11-10(12,13)4-8-14-6(5-1-2-5)3-7(15-8)9(16)17/h3,5H,1-2,4H2,(H,16,17). The summed E-state index contributed by atoms with van der Waals surface area (Å²) < 4.78 is 36.6. The molecule has 0 spiro atoms. The van der Waals surface area contributed by atoms with Gasteiger partial charge < -0.3 is 5.11 Å². The lowest BCUT2D eigenvalue weighted by Gasteiger charge is -2.07. The monoisotopic (exact) mass is 246 g/mol. The zero-order chi connectivity index (χ0) is 12.6. The van der Waals surface area contributed by atoms with Crippen LogP contribution in [0.1, 0.15) is 40.8 Å². The van der Waals surface area contributed by atoms with Crippen LogP contribution in [0.5, 0.6) is 0 Å². The summed E-state index contributed by atoms with van der Waals surface area (Å²) >= 11 is 0. The minimum absolute atomic E-state index is 0.0862. The number of carbonyl (C=O) groups is 1. The number of carboxylic acids is 1. The number of nitrogens with zero attached hydrogens (tertiary/aromatic N) is 2. The Morgan fingerprint density at radius 3 is 2.53 bits per heavy atom. The molecule has 0 radical (unpaired) electrons. The fourth-order valence-corrected chi connectivity index (χ4v) is 1.47. The van der Waals surface area contributed by atoms with Crippen molar-refractivity contribution in [1.82, 2.24) is 9.97 Å². The van der Waals surface area contributed by atoms with E-state index in [9.17, 15) is 18.0 Å². The predicted octanol–water partition coefficient (Wildman–Crippen LogP) is 2.16. The fraction of sp³-hybridized carbons (Fsp3) is 0.500. The van der Waals surface area contributed by atoms with Crippen molar-refractivity contribution in [1.29, 1.82) is 0 Å². The molecular weight excluding hydrogens is 237 g/mol. The van der Waals surface area contributed by atoms with Crippen LogP contribution in [0.15, 0.2) is 6.07 Å². The molecule has 4 nitrogen and oxygen atoms in total. The Morgan fingerprint density at radius 2 is 2.06 bits per heavy atom. The molecule has 1 fully saturated rings. The van der Waals surface area contributed by atoms with Gasteiger partial charge in [0.15, 0.2) is 5.69 Å². The zero-order valence-corrected chi connectivity index (χ0v) is 8.66. The van der Waals surface area contributed by atoms with Gasteiger partial charge in [0.05, 0.1) is 0 Å². The van der Waals surface area contributed by atoms with E-state index in [4.69, 9.17) is 5.11 Å². The molecule has 1 N–H and O–H groups in total. The van der Waals surface area contributed by atoms with Crippen molar-refractivity contribution in [2.75, 3.05) is 0 Å². The first-order valence-electron chi connectivity index (χ1n) is 5.03. The van der Waals surface area contributed by atoms with Crippen LogP contribution in [0.25, 0.3) is 0 Å². The van der Waals surface area contributed by atoms with E-state index < -0.39 is 24.4 Å². The molecule has 0 aromatic carbocycles.